The Balaban J connectivity index is 1.46. The number of carbonyl (C=O) groups is 3. The van der Waals surface area contributed by atoms with Gasteiger partial charge in [0.15, 0.2) is 6.61 Å². The van der Waals surface area contributed by atoms with E-state index in [2.05, 4.69) is 26.1 Å². The Labute approximate surface area is 216 Å². The molecule has 4 rings (SSSR count). The Morgan fingerprint density at radius 2 is 1.75 bits per heavy atom. The molecule has 3 aromatic rings. The van der Waals surface area contributed by atoms with Gasteiger partial charge in [0.2, 0.25) is 5.91 Å². The summed E-state index contributed by atoms with van der Waals surface area (Å²) in [5, 5.41) is 4.72. The molecule has 0 radical (unpaired) electrons. The van der Waals surface area contributed by atoms with Gasteiger partial charge in [0, 0.05) is 22.7 Å². The summed E-state index contributed by atoms with van der Waals surface area (Å²) < 4.78 is 5.48. The number of hydrogen-bond donors (Lipinski definition) is 1. The molecule has 2 aromatic carbocycles. The third kappa shape index (κ3) is 5.85. The Morgan fingerprint density at radius 3 is 2.36 bits per heavy atom. The quantitative estimate of drug-likeness (QED) is 0.417. The SMILES string of the molecule is Cc1ccc(N2C(=O)CCC(C(=O)OCC(=O)Nc3ccc(C(C)(C)C)cc3)C2c2cccs2)cc1. The van der Waals surface area contributed by atoms with E-state index in [1.54, 1.807) is 4.90 Å². The lowest BCUT2D eigenvalue weighted by molar-refractivity contribution is -0.153. The summed E-state index contributed by atoms with van der Waals surface area (Å²) in [6.07, 6.45) is 0.611. The number of nitrogens with one attached hydrogen (secondary N) is 1. The predicted octanol–water partition coefficient (Wildman–Crippen LogP) is 6.02. The zero-order valence-corrected chi connectivity index (χ0v) is 21.9. The Bertz CT molecular complexity index is 1210. The van der Waals surface area contributed by atoms with Crippen molar-refractivity contribution >= 4 is 40.5 Å². The van der Waals surface area contributed by atoms with Crippen LogP contribution < -0.4 is 10.2 Å². The fourth-order valence-electron chi connectivity index (χ4n) is 4.43. The van der Waals surface area contributed by atoms with Crippen molar-refractivity contribution in [2.75, 3.05) is 16.8 Å². The van der Waals surface area contributed by atoms with Gasteiger partial charge in [-0.2, -0.15) is 0 Å². The van der Waals surface area contributed by atoms with Crippen LogP contribution in [0.25, 0.3) is 0 Å². The van der Waals surface area contributed by atoms with Crippen molar-refractivity contribution in [3.63, 3.8) is 0 Å². The molecule has 0 saturated carbocycles. The molecule has 1 aliphatic rings. The van der Waals surface area contributed by atoms with Crippen LogP contribution in [0.2, 0.25) is 0 Å². The first-order valence-corrected chi connectivity index (χ1v) is 13.0. The zero-order valence-electron chi connectivity index (χ0n) is 21.1. The molecular weight excluding hydrogens is 472 g/mol. The highest BCUT2D eigenvalue weighted by molar-refractivity contribution is 7.10. The number of piperidine rings is 1. The highest BCUT2D eigenvalue weighted by Crippen LogP contribution is 2.42. The number of esters is 1. The first-order valence-electron chi connectivity index (χ1n) is 12.1. The minimum Gasteiger partial charge on any atom is -0.455 e. The minimum atomic E-state index is -0.568. The molecular formula is C29H32N2O4S. The van der Waals surface area contributed by atoms with Crippen LogP contribution in [-0.2, 0) is 24.5 Å². The van der Waals surface area contributed by atoms with Crippen LogP contribution >= 0.6 is 11.3 Å². The van der Waals surface area contributed by atoms with Crippen LogP contribution in [0, 0.1) is 12.8 Å². The number of carbonyl (C=O) groups excluding carboxylic acids is 3. The zero-order chi connectivity index (χ0) is 25.9. The van der Waals surface area contributed by atoms with Gasteiger partial charge in [0.05, 0.1) is 12.0 Å². The standard InChI is InChI=1S/C29H32N2O4S/c1-19-7-13-22(14-8-19)31-26(33)16-15-23(27(31)24-6-5-17-36-24)28(34)35-18-25(32)30-21-11-9-20(10-12-21)29(2,3)4/h5-14,17,23,27H,15-16,18H2,1-4H3,(H,30,32). The van der Waals surface area contributed by atoms with Gasteiger partial charge < -0.3 is 15.0 Å². The fourth-order valence-corrected chi connectivity index (χ4v) is 5.31. The second kappa shape index (κ2) is 10.7. The number of anilines is 2. The van der Waals surface area contributed by atoms with Crippen LogP contribution in [0.15, 0.2) is 66.0 Å². The molecule has 1 fully saturated rings. The molecule has 6 nitrogen and oxygen atoms in total. The highest BCUT2D eigenvalue weighted by Gasteiger charge is 2.43. The van der Waals surface area contributed by atoms with Crippen LogP contribution in [0.5, 0.6) is 0 Å². The fraction of sp³-hybridized carbons (Fsp3) is 0.345. The van der Waals surface area contributed by atoms with Gasteiger partial charge in [-0.15, -0.1) is 11.3 Å². The molecule has 7 heteroatoms. The maximum atomic E-state index is 13.2. The van der Waals surface area contributed by atoms with Gasteiger partial charge in [-0.25, -0.2) is 0 Å². The average molecular weight is 505 g/mol. The first-order chi connectivity index (χ1) is 17.1. The van der Waals surface area contributed by atoms with E-state index in [0.717, 1.165) is 21.7 Å². The van der Waals surface area contributed by atoms with Crippen molar-refractivity contribution in [1.82, 2.24) is 0 Å². The summed E-state index contributed by atoms with van der Waals surface area (Å²) in [7, 11) is 0. The van der Waals surface area contributed by atoms with Crippen molar-refractivity contribution in [3.05, 3.63) is 82.0 Å². The first kappa shape index (κ1) is 25.6. The second-order valence-electron chi connectivity index (χ2n) is 10.2. The van der Waals surface area contributed by atoms with Crippen molar-refractivity contribution in [2.45, 2.75) is 52.0 Å². The van der Waals surface area contributed by atoms with Gasteiger partial charge in [-0.3, -0.25) is 14.4 Å². The summed E-state index contributed by atoms with van der Waals surface area (Å²) in [6.45, 7) is 7.99. The molecule has 1 N–H and O–H groups in total. The van der Waals surface area contributed by atoms with Crippen LogP contribution in [0.4, 0.5) is 11.4 Å². The summed E-state index contributed by atoms with van der Waals surface area (Å²) in [5.41, 5.74) is 3.67. The van der Waals surface area contributed by atoms with E-state index >= 15 is 0 Å². The Hall–Kier alpha value is -3.45. The number of ether oxygens (including phenoxy) is 1. The van der Waals surface area contributed by atoms with Gasteiger partial charge in [0.25, 0.3) is 5.91 Å². The average Bonchev–Trinajstić information content (AvgIpc) is 3.37. The van der Waals surface area contributed by atoms with Crippen molar-refractivity contribution < 1.29 is 19.1 Å². The molecule has 0 spiro atoms. The van der Waals surface area contributed by atoms with E-state index < -0.39 is 23.8 Å². The van der Waals surface area contributed by atoms with Crippen molar-refractivity contribution in [3.8, 4) is 0 Å². The van der Waals surface area contributed by atoms with Crippen LogP contribution in [-0.4, -0.2) is 24.4 Å². The van der Waals surface area contributed by atoms with Gasteiger partial charge in [-0.1, -0.05) is 56.7 Å². The van der Waals surface area contributed by atoms with Crippen LogP contribution in [0.3, 0.4) is 0 Å². The molecule has 0 aliphatic carbocycles. The number of rotatable bonds is 6. The third-order valence-electron chi connectivity index (χ3n) is 6.43. The largest absolute Gasteiger partial charge is 0.455 e. The number of amides is 2. The number of aryl methyl sites for hydroxylation is 1. The number of hydrogen-bond acceptors (Lipinski definition) is 5. The maximum absolute atomic E-state index is 13.2. The van der Waals surface area contributed by atoms with E-state index in [1.807, 2.05) is 73.0 Å². The van der Waals surface area contributed by atoms with Gasteiger partial charge >= 0.3 is 5.97 Å². The lowest BCUT2D eigenvalue weighted by Gasteiger charge is -2.39. The van der Waals surface area contributed by atoms with Crippen molar-refractivity contribution in [2.24, 2.45) is 5.92 Å². The summed E-state index contributed by atoms with van der Waals surface area (Å²) in [6, 6.07) is 18.7. The number of nitrogens with zero attached hydrogens (tertiary/aromatic N) is 1. The smallest absolute Gasteiger partial charge is 0.311 e. The maximum Gasteiger partial charge on any atom is 0.311 e. The van der Waals surface area contributed by atoms with E-state index in [-0.39, 0.29) is 24.3 Å². The molecule has 1 aromatic heterocycles. The minimum absolute atomic E-state index is 0.0189. The van der Waals surface area contributed by atoms with E-state index in [9.17, 15) is 14.4 Å². The normalized spacial score (nSPS) is 18.1. The topological polar surface area (TPSA) is 75.7 Å². The van der Waals surface area contributed by atoms with E-state index in [0.29, 0.717) is 12.1 Å². The summed E-state index contributed by atoms with van der Waals surface area (Å²) >= 11 is 1.50. The predicted molar refractivity (Wildman–Crippen MR) is 143 cm³/mol. The molecule has 36 heavy (non-hydrogen) atoms. The Morgan fingerprint density at radius 1 is 1.06 bits per heavy atom. The molecule has 0 bridgehead atoms. The molecule has 188 valence electrons. The lowest BCUT2D eigenvalue weighted by Crippen LogP contribution is -2.46. The molecule has 1 aliphatic heterocycles. The van der Waals surface area contributed by atoms with Gasteiger partial charge in [0.1, 0.15) is 0 Å². The monoisotopic (exact) mass is 504 g/mol. The number of thiophene rings is 1. The molecule has 2 amide bonds. The molecule has 2 heterocycles. The Kier molecular flexibility index (Phi) is 7.59. The molecule has 2 atom stereocenters. The number of benzene rings is 2. The highest BCUT2D eigenvalue weighted by atomic mass is 32.1. The summed E-state index contributed by atoms with van der Waals surface area (Å²) in [5.74, 6) is -1.47. The third-order valence-corrected chi connectivity index (χ3v) is 7.37. The second-order valence-corrected chi connectivity index (χ2v) is 11.2. The lowest BCUT2D eigenvalue weighted by atomic mass is 9.87. The summed E-state index contributed by atoms with van der Waals surface area (Å²) in [4.78, 5) is 41.4. The van der Waals surface area contributed by atoms with Crippen molar-refractivity contribution in [1.29, 1.82) is 0 Å². The van der Waals surface area contributed by atoms with Gasteiger partial charge in [-0.05, 0) is 60.0 Å². The molecule has 2 unspecified atom stereocenters. The molecule has 1 saturated heterocycles. The van der Waals surface area contributed by atoms with E-state index in [4.69, 9.17) is 4.74 Å². The van der Waals surface area contributed by atoms with Crippen LogP contribution in [0.1, 0.15) is 55.7 Å². The van der Waals surface area contributed by atoms with E-state index in [1.165, 1.54) is 11.3 Å².